The SMILES string of the molecule is Oc1ccc(Cl)cc1C(Nn1cnnc1)c1ccccc1. The van der Waals surface area contributed by atoms with Gasteiger partial charge in [-0.1, -0.05) is 41.9 Å². The molecule has 6 heteroatoms. The molecule has 21 heavy (non-hydrogen) atoms. The zero-order valence-electron chi connectivity index (χ0n) is 11.0. The number of nitrogens with one attached hydrogen (secondary N) is 1. The molecule has 1 aromatic heterocycles. The van der Waals surface area contributed by atoms with E-state index < -0.39 is 0 Å². The second-order valence-electron chi connectivity index (χ2n) is 4.55. The Kier molecular flexibility index (Phi) is 3.75. The molecule has 0 aliphatic rings. The summed E-state index contributed by atoms with van der Waals surface area (Å²) in [4.78, 5) is 0. The minimum atomic E-state index is -0.277. The maximum absolute atomic E-state index is 10.2. The third kappa shape index (κ3) is 2.98. The molecule has 2 aromatic carbocycles. The van der Waals surface area contributed by atoms with Crippen molar-refractivity contribution in [3.05, 3.63) is 77.3 Å². The standard InChI is InChI=1S/C15H13ClN4O/c16-12-6-7-14(21)13(8-12)15(11-4-2-1-3-5-11)19-20-9-17-18-10-20/h1-10,15,19,21H. The highest BCUT2D eigenvalue weighted by Crippen LogP contribution is 2.32. The van der Waals surface area contributed by atoms with Gasteiger partial charge in [-0.05, 0) is 23.8 Å². The number of aromatic hydroxyl groups is 1. The topological polar surface area (TPSA) is 63.0 Å². The molecule has 0 aliphatic heterocycles. The lowest BCUT2D eigenvalue weighted by atomic mass is 9.98. The number of rotatable bonds is 4. The van der Waals surface area contributed by atoms with Crippen LogP contribution in [0.3, 0.4) is 0 Å². The molecular weight excluding hydrogens is 288 g/mol. The number of aromatic nitrogens is 3. The molecule has 5 nitrogen and oxygen atoms in total. The Balaban J connectivity index is 2.05. The Bertz CT molecular complexity index is 716. The van der Waals surface area contributed by atoms with Gasteiger partial charge in [0.1, 0.15) is 18.4 Å². The Labute approximate surface area is 126 Å². The van der Waals surface area contributed by atoms with Crippen LogP contribution in [0.1, 0.15) is 17.2 Å². The summed E-state index contributed by atoms with van der Waals surface area (Å²) in [6, 6.07) is 14.5. The van der Waals surface area contributed by atoms with Gasteiger partial charge >= 0.3 is 0 Å². The maximum atomic E-state index is 10.2. The molecule has 0 bridgehead atoms. The van der Waals surface area contributed by atoms with E-state index in [1.165, 1.54) is 0 Å². The molecule has 0 spiro atoms. The normalized spacial score (nSPS) is 12.0. The van der Waals surface area contributed by atoms with Gasteiger partial charge in [-0.3, -0.25) is 0 Å². The summed E-state index contributed by atoms with van der Waals surface area (Å²) in [5.74, 6) is 0.175. The lowest BCUT2D eigenvalue weighted by Gasteiger charge is -2.22. The van der Waals surface area contributed by atoms with E-state index in [1.54, 1.807) is 35.5 Å². The average Bonchev–Trinajstić information content (AvgIpc) is 3.01. The molecule has 2 N–H and O–H groups in total. The molecule has 0 saturated heterocycles. The van der Waals surface area contributed by atoms with Crippen LogP contribution in [0.4, 0.5) is 0 Å². The lowest BCUT2D eigenvalue weighted by Crippen LogP contribution is -2.21. The van der Waals surface area contributed by atoms with Crippen LogP contribution < -0.4 is 5.43 Å². The average molecular weight is 301 g/mol. The van der Waals surface area contributed by atoms with Crippen LogP contribution in [0.5, 0.6) is 5.75 Å². The number of phenolic OH excluding ortho intramolecular Hbond substituents is 1. The van der Waals surface area contributed by atoms with Crippen molar-refractivity contribution in [2.45, 2.75) is 6.04 Å². The van der Waals surface area contributed by atoms with Gasteiger partial charge in [0.15, 0.2) is 0 Å². The van der Waals surface area contributed by atoms with Crippen LogP contribution in [0, 0.1) is 0 Å². The van der Waals surface area contributed by atoms with Crippen molar-refractivity contribution in [3.8, 4) is 5.75 Å². The molecule has 106 valence electrons. The zero-order chi connectivity index (χ0) is 14.7. The predicted octanol–water partition coefficient (Wildman–Crippen LogP) is 2.97. The third-order valence-electron chi connectivity index (χ3n) is 3.13. The molecule has 0 radical (unpaired) electrons. The van der Waals surface area contributed by atoms with Crippen molar-refractivity contribution in [3.63, 3.8) is 0 Å². The summed E-state index contributed by atoms with van der Waals surface area (Å²) in [5.41, 5.74) is 4.91. The van der Waals surface area contributed by atoms with E-state index in [-0.39, 0.29) is 11.8 Å². The fourth-order valence-electron chi connectivity index (χ4n) is 2.14. The number of hydrogen-bond acceptors (Lipinski definition) is 4. The molecule has 0 amide bonds. The van der Waals surface area contributed by atoms with Crippen LogP contribution in [0.15, 0.2) is 61.2 Å². The molecule has 3 aromatic rings. The Hall–Kier alpha value is -2.53. The van der Waals surface area contributed by atoms with Crippen molar-refractivity contribution < 1.29 is 5.11 Å². The van der Waals surface area contributed by atoms with E-state index in [0.717, 1.165) is 5.56 Å². The fourth-order valence-corrected chi connectivity index (χ4v) is 2.32. The minimum Gasteiger partial charge on any atom is -0.508 e. The molecular formula is C15H13ClN4O. The maximum Gasteiger partial charge on any atom is 0.138 e. The van der Waals surface area contributed by atoms with Gasteiger partial charge in [-0.25, -0.2) is 4.68 Å². The van der Waals surface area contributed by atoms with E-state index in [4.69, 9.17) is 11.6 Å². The van der Waals surface area contributed by atoms with Gasteiger partial charge in [0.25, 0.3) is 0 Å². The summed E-state index contributed by atoms with van der Waals surface area (Å²) in [6.07, 6.45) is 3.11. The van der Waals surface area contributed by atoms with Gasteiger partial charge in [0, 0.05) is 10.6 Å². The molecule has 3 rings (SSSR count). The van der Waals surface area contributed by atoms with E-state index in [0.29, 0.717) is 10.6 Å². The molecule has 1 heterocycles. The van der Waals surface area contributed by atoms with E-state index in [1.807, 2.05) is 30.3 Å². The molecule has 0 saturated carbocycles. The van der Waals surface area contributed by atoms with Gasteiger partial charge < -0.3 is 10.5 Å². The van der Waals surface area contributed by atoms with Gasteiger partial charge in [-0.15, -0.1) is 10.2 Å². The first kappa shape index (κ1) is 13.5. The fraction of sp³-hybridized carbons (Fsp3) is 0.0667. The van der Waals surface area contributed by atoms with Crippen LogP contribution in [0.25, 0.3) is 0 Å². The predicted molar refractivity (Wildman–Crippen MR) is 80.8 cm³/mol. The number of benzene rings is 2. The van der Waals surface area contributed by atoms with Gasteiger partial charge in [-0.2, -0.15) is 0 Å². The first-order valence-electron chi connectivity index (χ1n) is 6.38. The van der Waals surface area contributed by atoms with E-state index in [9.17, 15) is 5.11 Å². The summed E-state index contributed by atoms with van der Waals surface area (Å²) >= 11 is 6.06. The first-order chi connectivity index (χ1) is 10.2. The Morgan fingerprint density at radius 2 is 1.76 bits per heavy atom. The van der Waals surface area contributed by atoms with Crippen LogP contribution in [-0.2, 0) is 0 Å². The van der Waals surface area contributed by atoms with Crippen molar-refractivity contribution in [1.82, 2.24) is 14.9 Å². The van der Waals surface area contributed by atoms with Crippen LogP contribution >= 0.6 is 11.6 Å². The molecule has 1 atom stereocenters. The van der Waals surface area contributed by atoms with Crippen molar-refractivity contribution >= 4 is 11.6 Å². The van der Waals surface area contributed by atoms with Crippen LogP contribution in [0.2, 0.25) is 5.02 Å². The molecule has 0 fully saturated rings. The summed E-state index contributed by atoms with van der Waals surface area (Å²) in [5, 5.41) is 18.2. The summed E-state index contributed by atoms with van der Waals surface area (Å²) in [7, 11) is 0. The van der Waals surface area contributed by atoms with Crippen molar-refractivity contribution in [2.75, 3.05) is 5.43 Å². The largest absolute Gasteiger partial charge is 0.508 e. The third-order valence-corrected chi connectivity index (χ3v) is 3.37. The van der Waals surface area contributed by atoms with E-state index >= 15 is 0 Å². The minimum absolute atomic E-state index is 0.175. The van der Waals surface area contributed by atoms with Crippen molar-refractivity contribution in [2.24, 2.45) is 0 Å². The Morgan fingerprint density at radius 1 is 1.05 bits per heavy atom. The highest BCUT2D eigenvalue weighted by molar-refractivity contribution is 6.30. The van der Waals surface area contributed by atoms with Crippen LogP contribution in [-0.4, -0.2) is 20.0 Å². The molecule has 1 unspecified atom stereocenters. The summed E-state index contributed by atoms with van der Waals surface area (Å²) < 4.78 is 1.64. The first-order valence-corrected chi connectivity index (χ1v) is 6.76. The highest BCUT2D eigenvalue weighted by Gasteiger charge is 2.18. The van der Waals surface area contributed by atoms with Gasteiger partial charge in [0.05, 0.1) is 6.04 Å². The van der Waals surface area contributed by atoms with Gasteiger partial charge in [0.2, 0.25) is 0 Å². The number of nitrogens with zero attached hydrogens (tertiary/aromatic N) is 3. The second-order valence-corrected chi connectivity index (χ2v) is 4.98. The monoisotopic (exact) mass is 300 g/mol. The number of phenols is 1. The quantitative estimate of drug-likeness (QED) is 0.777. The number of halogens is 1. The number of hydrogen-bond donors (Lipinski definition) is 2. The lowest BCUT2D eigenvalue weighted by molar-refractivity contribution is 0.465. The molecule has 0 aliphatic carbocycles. The van der Waals surface area contributed by atoms with E-state index in [2.05, 4.69) is 15.6 Å². The smallest absolute Gasteiger partial charge is 0.138 e. The Morgan fingerprint density at radius 3 is 2.48 bits per heavy atom. The van der Waals surface area contributed by atoms with Crippen molar-refractivity contribution in [1.29, 1.82) is 0 Å². The second kappa shape index (κ2) is 5.85. The summed E-state index contributed by atoms with van der Waals surface area (Å²) in [6.45, 7) is 0. The highest BCUT2D eigenvalue weighted by atomic mass is 35.5. The zero-order valence-corrected chi connectivity index (χ0v) is 11.8.